The third-order valence-corrected chi connectivity index (χ3v) is 3.94. The lowest BCUT2D eigenvalue weighted by Crippen LogP contribution is -1.97. The van der Waals surface area contributed by atoms with Gasteiger partial charge in [0.25, 0.3) is 0 Å². The van der Waals surface area contributed by atoms with Crippen molar-refractivity contribution in [1.29, 1.82) is 0 Å². The van der Waals surface area contributed by atoms with E-state index in [1.165, 1.54) is 16.7 Å². The molecule has 0 amide bonds. The van der Waals surface area contributed by atoms with E-state index in [1.807, 2.05) is 18.2 Å². The van der Waals surface area contributed by atoms with Crippen molar-refractivity contribution in [3.63, 3.8) is 0 Å². The van der Waals surface area contributed by atoms with Gasteiger partial charge < -0.3 is 4.52 Å². The number of benzene rings is 2. The highest BCUT2D eigenvalue weighted by molar-refractivity contribution is 8.54. The molecule has 0 bridgehead atoms. The summed E-state index contributed by atoms with van der Waals surface area (Å²) in [6, 6.07) is 16.6. The van der Waals surface area contributed by atoms with E-state index in [-0.39, 0.29) is 0 Å². The van der Waals surface area contributed by atoms with E-state index < -0.39 is 6.13 Å². The lowest BCUT2D eigenvalue weighted by molar-refractivity contribution is 0.628. The molecule has 0 fully saturated rings. The van der Waals surface area contributed by atoms with Crippen LogP contribution >= 0.6 is 18.4 Å². The van der Waals surface area contributed by atoms with Crippen LogP contribution in [0.2, 0.25) is 0 Å². The van der Waals surface area contributed by atoms with Crippen LogP contribution in [0.15, 0.2) is 48.5 Å². The summed E-state index contributed by atoms with van der Waals surface area (Å²) in [6.07, 6.45) is 0.435. The van der Waals surface area contributed by atoms with Gasteiger partial charge in [-0.15, -0.1) is 12.2 Å². The van der Waals surface area contributed by atoms with Crippen LogP contribution in [-0.2, 0) is 24.6 Å². The summed E-state index contributed by atoms with van der Waals surface area (Å²) < 4.78 is 5.70. The average Bonchev–Trinajstić information content (AvgIpc) is 2.39. The minimum atomic E-state index is -1.43. The third-order valence-electron chi connectivity index (χ3n) is 3.02. The van der Waals surface area contributed by atoms with Crippen LogP contribution in [0.4, 0.5) is 0 Å². The summed E-state index contributed by atoms with van der Waals surface area (Å²) in [6.45, 7) is 2.14. The Balaban J connectivity index is 2.32. The van der Waals surface area contributed by atoms with Crippen LogP contribution in [0.3, 0.4) is 0 Å². The molecule has 0 saturated heterocycles. The molecule has 0 heterocycles. The first kappa shape index (κ1) is 14.6. The van der Waals surface area contributed by atoms with E-state index in [2.05, 4.69) is 49.5 Å². The third kappa shape index (κ3) is 4.10. The molecule has 0 radical (unpaired) electrons. The van der Waals surface area contributed by atoms with Gasteiger partial charge in [0.15, 0.2) is 6.13 Å². The molecular formula is C15H17OPS2. The molecule has 19 heavy (non-hydrogen) atoms. The second-order valence-corrected chi connectivity index (χ2v) is 8.25. The van der Waals surface area contributed by atoms with Gasteiger partial charge in [0.2, 0.25) is 0 Å². The zero-order valence-electron chi connectivity index (χ0n) is 10.8. The smallest absolute Gasteiger partial charge is 0.153 e. The van der Waals surface area contributed by atoms with E-state index in [9.17, 15) is 0 Å². The minimum Gasteiger partial charge on any atom is -0.459 e. The summed E-state index contributed by atoms with van der Waals surface area (Å²) in [5.74, 6) is 0.898. The molecular weight excluding hydrogens is 291 g/mol. The highest BCUT2D eigenvalue weighted by Gasteiger charge is 2.08. The lowest BCUT2D eigenvalue weighted by Gasteiger charge is -2.14. The van der Waals surface area contributed by atoms with Crippen LogP contribution in [0.1, 0.15) is 23.6 Å². The predicted octanol–water partition coefficient (Wildman–Crippen LogP) is 4.65. The van der Waals surface area contributed by atoms with Gasteiger partial charge in [0.05, 0.1) is 0 Å². The molecule has 0 aliphatic rings. The van der Waals surface area contributed by atoms with E-state index in [1.54, 1.807) is 0 Å². The maximum atomic E-state index is 5.70. The Bertz CT molecular complexity index is 570. The molecule has 2 aromatic rings. The van der Waals surface area contributed by atoms with E-state index >= 15 is 0 Å². The van der Waals surface area contributed by atoms with Crippen molar-refractivity contribution in [2.24, 2.45) is 0 Å². The Morgan fingerprint density at radius 2 is 1.84 bits per heavy atom. The number of hydrogen-bond donors (Lipinski definition) is 1. The average molecular weight is 308 g/mol. The Morgan fingerprint density at radius 3 is 2.47 bits per heavy atom. The van der Waals surface area contributed by atoms with Crippen molar-refractivity contribution in [2.75, 3.05) is 0 Å². The zero-order chi connectivity index (χ0) is 13.7. The molecule has 0 spiro atoms. The first-order valence-electron chi connectivity index (χ1n) is 6.26. The molecule has 0 aromatic heterocycles. The minimum absolute atomic E-state index is 0.898. The van der Waals surface area contributed by atoms with E-state index in [4.69, 9.17) is 16.3 Å². The van der Waals surface area contributed by atoms with Crippen molar-refractivity contribution in [3.8, 4) is 5.75 Å². The van der Waals surface area contributed by atoms with Crippen molar-refractivity contribution < 1.29 is 4.52 Å². The summed E-state index contributed by atoms with van der Waals surface area (Å²) in [5, 5.41) is 0. The summed E-state index contributed by atoms with van der Waals surface area (Å²) >= 11 is 9.31. The fourth-order valence-electron chi connectivity index (χ4n) is 2.18. The van der Waals surface area contributed by atoms with Gasteiger partial charge in [-0.3, -0.25) is 0 Å². The fraction of sp³-hybridized carbons (Fsp3) is 0.200. The van der Waals surface area contributed by atoms with Gasteiger partial charge >= 0.3 is 0 Å². The van der Waals surface area contributed by atoms with Gasteiger partial charge in [-0.05, 0) is 47.4 Å². The first-order chi connectivity index (χ1) is 9.20. The lowest BCUT2D eigenvalue weighted by atomic mass is 9.97. The van der Waals surface area contributed by atoms with Gasteiger partial charge in [-0.1, -0.05) is 49.4 Å². The SMILES string of the molecule is CCc1c(Cc2ccccc2)cccc1O[PH](=S)S. The Labute approximate surface area is 125 Å². The number of rotatable bonds is 5. The number of hydrogen-bond acceptors (Lipinski definition) is 2. The molecule has 0 aliphatic carbocycles. The monoisotopic (exact) mass is 308 g/mol. The van der Waals surface area contributed by atoms with Gasteiger partial charge in [0.1, 0.15) is 5.75 Å². The van der Waals surface area contributed by atoms with Crippen molar-refractivity contribution >= 4 is 30.2 Å². The van der Waals surface area contributed by atoms with Gasteiger partial charge in [0, 0.05) is 0 Å². The first-order valence-corrected chi connectivity index (χ1v) is 10.1. The van der Waals surface area contributed by atoms with Crippen LogP contribution in [0.5, 0.6) is 5.75 Å². The Kier molecular flexibility index (Phi) is 5.50. The molecule has 1 unspecified atom stereocenters. The maximum absolute atomic E-state index is 5.70. The van der Waals surface area contributed by atoms with Gasteiger partial charge in [-0.25, -0.2) is 0 Å². The fourth-order valence-corrected chi connectivity index (χ4v) is 3.13. The second kappa shape index (κ2) is 7.14. The van der Waals surface area contributed by atoms with Crippen molar-refractivity contribution in [1.82, 2.24) is 0 Å². The van der Waals surface area contributed by atoms with Crippen LogP contribution < -0.4 is 4.52 Å². The largest absolute Gasteiger partial charge is 0.459 e. The maximum Gasteiger partial charge on any atom is 0.153 e. The van der Waals surface area contributed by atoms with Crippen molar-refractivity contribution in [3.05, 3.63) is 65.2 Å². The topological polar surface area (TPSA) is 9.23 Å². The highest BCUT2D eigenvalue weighted by Crippen LogP contribution is 2.35. The predicted molar refractivity (Wildman–Crippen MR) is 90.4 cm³/mol. The molecule has 0 aliphatic heterocycles. The van der Waals surface area contributed by atoms with Crippen LogP contribution in [-0.4, -0.2) is 0 Å². The standard InChI is InChI=1S/C15H17OPS2/c1-2-14-13(11-12-7-4-3-5-8-12)9-6-10-15(14)16-17(18)19/h3-10,17H,2,11H2,1H3,(H,18,19). The second-order valence-electron chi connectivity index (χ2n) is 4.28. The molecule has 4 heteroatoms. The van der Waals surface area contributed by atoms with Crippen LogP contribution in [0.25, 0.3) is 0 Å². The Morgan fingerprint density at radius 1 is 1.11 bits per heavy atom. The molecule has 1 nitrogen and oxygen atoms in total. The highest BCUT2D eigenvalue weighted by atomic mass is 32.9. The van der Waals surface area contributed by atoms with E-state index in [0.717, 1.165) is 18.6 Å². The van der Waals surface area contributed by atoms with Crippen molar-refractivity contribution in [2.45, 2.75) is 19.8 Å². The molecule has 1 atom stereocenters. The molecule has 100 valence electrons. The molecule has 0 saturated carbocycles. The summed E-state index contributed by atoms with van der Waals surface area (Å²) in [5.41, 5.74) is 3.86. The quantitative estimate of drug-likeness (QED) is 0.636. The summed E-state index contributed by atoms with van der Waals surface area (Å²) in [7, 11) is 0. The number of thiol groups is 1. The van der Waals surface area contributed by atoms with E-state index in [0.29, 0.717) is 0 Å². The normalized spacial score (nSPS) is 12.1. The molecule has 2 rings (SSSR count). The molecule has 0 N–H and O–H groups in total. The van der Waals surface area contributed by atoms with Gasteiger partial charge in [-0.2, -0.15) is 0 Å². The zero-order valence-corrected chi connectivity index (χ0v) is 13.5. The Hall–Kier alpha value is -0.760. The molecule has 2 aromatic carbocycles. The summed E-state index contributed by atoms with van der Waals surface area (Å²) in [4.78, 5) is 0. The van der Waals surface area contributed by atoms with Crippen LogP contribution in [0, 0.1) is 0 Å².